The van der Waals surface area contributed by atoms with E-state index in [0.29, 0.717) is 23.7 Å². The molecule has 0 radical (unpaired) electrons. The highest BCUT2D eigenvalue weighted by Gasteiger charge is 2.18. The van der Waals surface area contributed by atoms with Gasteiger partial charge in [-0.2, -0.15) is 0 Å². The third-order valence-electron chi connectivity index (χ3n) is 8.67. The molecule has 0 spiro atoms. The minimum Gasteiger partial charge on any atom is -0.493 e. The summed E-state index contributed by atoms with van der Waals surface area (Å²) in [5.74, 6) is 1.47. The minimum atomic E-state index is -3.94. The first-order valence-electron chi connectivity index (χ1n) is 16.1. The maximum Gasteiger partial charge on any atom is 0.261 e. The number of piperidine rings is 1. The van der Waals surface area contributed by atoms with Crippen molar-refractivity contribution in [2.75, 3.05) is 38.1 Å². The average molecular weight is 654 g/mol. The van der Waals surface area contributed by atoms with Crippen LogP contribution in [0.4, 0.5) is 10.1 Å². The van der Waals surface area contributed by atoms with Gasteiger partial charge in [0.15, 0.2) is 11.5 Å². The molecule has 1 atom stereocenters. The van der Waals surface area contributed by atoms with Gasteiger partial charge in [0, 0.05) is 37.2 Å². The number of nitrogens with one attached hydrogen (secondary N) is 1. The first-order valence-corrected chi connectivity index (χ1v) is 17.5. The van der Waals surface area contributed by atoms with Crippen LogP contribution in [0.5, 0.6) is 11.5 Å². The highest BCUT2D eigenvalue weighted by molar-refractivity contribution is 7.92. The average Bonchev–Trinajstić information content (AvgIpc) is 3.08. The SMILES string of the molecule is COc1cc2c(Cc3ccc(NS(=O)(=O)c4cccc(-c5ccccc5)c4)cc3F)ccnc2cc1OCCCN1CCCC(C)C1. The van der Waals surface area contributed by atoms with Crippen LogP contribution in [0.15, 0.2) is 102 Å². The minimum absolute atomic E-state index is 0.0977. The molecular weight excluding hydrogens is 614 g/mol. The lowest BCUT2D eigenvalue weighted by molar-refractivity contribution is 0.169. The van der Waals surface area contributed by atoms with Crippen molar-refractivity contribution in [1.82, 2.24) is 9.88 Å². The summed E-state index contributed by atoms with van der Waals surface area (Å²) in [6.07, 6.45) is 5.48. The predicted molar refractivity (Wildman–Crippen MR) is 185 cm³/mol. The molecule has 5 aromatic rings. The largest absolute Gasteiger partial charge is 0.493 e. The van der Waals surface area contributed by atoms with Crippen LogP contribution in [0.3, 0.4) is 0 Å². The second-order valence-corrected chi connectivity index (χ2v) is 13.9. The van der Waals surface area contributed by atoms with Crippen LogP contribution in [0.1, 0.15) is 37.3 Å². The van der Waals surface area contributed by atoms with Crippen molar-refractivity contribution >= 4 is 26.6 Å². The Balaban J connectivity index is 1.14. The highest BCUT2D eigenvalue weighted by Crippen LogP contribution is 2.34. The van der Waals surface area contributed by atoms with E-state index in [0.717, 1.165) is 59.6 Å². The van der Waals surface area contributed by atoms with E-state index in [-0.39, 0.29) is 17.0 Å². The normalized spacial score (nSPS) is 15.4. The number of hydrogen-bond acceptors (Lipinski definition) is 6. The number of sulfonamides is 1. The molecule has 6 rings (SSSR count). The number of benzene rings is 4. The summed E-state index contributed by atoms with van der Waals surface area (Å²) in [6.45, 7) is 6.20. The van der Waals surface area contributed by atoms with Crippen LogP contribution in [0.2, 0.25) is 0 Å². The number of fused-ring (bicyclic) bond motifs is 1. The molecule has 4 aromatic carbocycles. The molecule has 1 aliphatic rings. The van der Waals surface area contributed by atoms with Gasteiger partial charge in [0.2, 0.25) is 0 Å². The van der Waals surface area contributed by atoms with E-state index < -0.39 is 15.8 Å². The summed E-state index contributed by atoms with van der Waals surface area (Å²) in [4.78, 5) is 7.15. The van der Waals surface area contributed by atoms with Gasteiger partial charge in [0.25, 0.3) is 10.0 Å². The third kappa shape index (κ3) is 7.92. The molecule has 7 nitrogen and oxygen atoms in total. The van der Waals surface area contributed by atoms with Gasteiger partial charge in [-0.05, 0) is 90.4 Å². The van der Waals surface area contributed by atoms with Crippen LogP contribution >= 0.6 is 0 Å². The Bertz CT molecular complexity index is 1950. The Labute approximate surface area is 276 Å². The van der Waals surface area contributed by atoms with Gasteiger partial charge in [-0.1, -0.05) is 55.5 Å². The number of rotatable bonds is 12. The summed E-state index contributed by atoms with van der Waals surface area (Å²) in [6, 6.07) is 26.2. The standard InChI is InChI=1S/C38H40FN3O4S/c1-27-9-7-18-42(26-27)19-8-20-46-38-25-36-34(24-37(38)45-2)30(16-17-40-36)21-31-14-15-32(23-35(31)39)41-47(43,44)33-13-6-12-29(22-33)28-10-4-3-5-11-28/h3-6,10-17,22-25,27,41H,7-9,18-21,26H2,1-2H3. The van der Waals surface area contributed by atoms with E-state index in [4.69, 9.17) is 9.47 Å². The molecule has 0 bridgehead atoms. The Morgan fingerprint density at radius 2 is 1.77 bits per heavy atom. The molecule has 2 heterocycles. The number of halogens is 1. The van der Waals surface area contributed by atoms with Crippen molar-refractivity contribution in [3.63, 3.8) is 0 Å². The van der Waals surface area contributed by atoms with Gasteiger partial charge < -0.3 is 14.4 Å². The number of methoxy groups -OCH3 is 1. The smallest absolute Gasteiger partial charge is 0.261 e. The Hall–Kier alpha value is -4.47. The fraction of sp³-hybridized carbons (Fsp3) is 0.289. The summed E-state index contributed by atoms with van der Waals surface area (Å²) in [5, 5.41) is 0.835. The van der Waals surface area contributed by atoms with Crippen LogP contribution in [-0.4, -0.2) is 51.7 Å². The molecule has 1 fully saturated rings. The van der Waals surface area contributed by atoms with E-state index in [1.54, 1.807) is 37.6 Å². The third-order valence-corrected chi connectivity index (χ3v) is 10.1. The number of anilines is 1. The van der Waals surface area contributed by atoms with Crippen molar-refractivity contribution in [1.29, 1.82) is 0 Å². The van der Waals surface area contributed by atoms with E-state index in [1.807, 2.05) is 54.6 Å². The van der Waals surface area contributed by atoms with E-state index in [1.165, 1.54) is 25.0 Å². The molecule has 1 aliphatic heterocycles. The van der Waals surface area contributed by atoms with Crippen LogP contribution in [-0.2, 0) is 16.4 Å². The van der Waals surface area contributed by atoms with Crippen molar-refractivity contribution < 1.29 is 22.3 Å². The van der Waals surface area contributed by atoms with Crippen LogP contribution in [0, 0.1) is 11.7 Å². The van der Waals surface area contributed by atoms with E-state index >= 15 is 4.39 Å². The molecule has 1 unspecified atom stereocenters. The molecule has 0 aliphatic carbocycles. The molecule has 1 saturated heterocycles. The summed E-state index contributed by atoms with van der Waals surface area (Å²) in [7, 11) is -2.34. The first-order chi connectivity index (χ1) is 22.8. The lowest BCUT2D eigenvalue weighted by Crippen LogP contribution is -2.35. The first kappa shape index (κ1) is 32.5. The van der Waals surface area contributed by atoms with Gasteiger partial charge in [-0.3, -0.25) is 9.71 Å². The second-order valence-electron chi connectivity index (χ2n) is 12.2. The zero-order valence-corrected chi connectivity index (χ0v) is 27.6. The fourth-order valence-electron chi connectivity index (χ4n) is 6.24. The quantitative estimate of drug-likeness (QED) is 0.138. The number of ether oxygens (including phenoxy) is 2. The monoisotopic (exact) mass is 653 g/mol. The predicted octanol–water partition coefficient (Wildman–Crippen LogP) is 7.94. The van der Waals surface area contributed by atoms with Crippen molar-refractivity contribution in [2.45, 2.75) is 37.5 Å². The zero-order chi connectivity index (χ0) is 32.8. The molecule has 244 valence electrons. The van der Waals surface area contributed by atoms with E-state index in [2.05, 4.69) is 21.5 Å². The molecular formula is C38H40FN3O4S. The zero-order valence-electron chi connectivity index (χ0n) is 26.8. The lowest BCUT2D eigenvalue weighted by atomic mass is 10.00. The molecule has 1 aromatic heterocycles. The number of pyridine rings is 1. The fourth-order valence-corrected chi connectivity index (χ4v) is 7.34. The maximum atomic E-state index is 15.4. The van der Waals surface area contributed by atoms with Crippen LogP contribution < -0.4 is 14.2 Å². The number of hydrogen-bond donors (Lipinski definition) is 1. The number of nitrogens with zero attached hydrogens (tertiary/aromatic N) is 2. The second kappa shape index (κ2) is 14.5. The van der Waals surface area contributed by atoms with Crippen LogP contribution in [0.25, 0.3) is 22.0 Å². The molecule has 9 heteroatoms. The Morgan fingerprint density at radius 3 is 2.55 bits per heavy atom. The van der Waals surface area contributed by atoms with Gasteiger partial charge in [-0.25, -0.2) is 12.8 Å². The summed E-state index contributed by atoms with van der Waals surface area (Å²) >= 11 is 0. The maximum absolute atomic E-state index is 15.4. The van der Waals surface area contributed by atoms with E-state index in [9.17, 15) is 8.42 Å². The van der Waals surface area contributed by atoms with Gasteiger partial charge >= 0.3 is 0 Å². The lowest BCUT2D eigenvalue weighted by Gasteiger charge is -2.30. The Morgan fingerprint density at radius 1 is 0.936 bits per heavy atom. The molecule has 47 heavy (non-hydrogen) atoms. The molecule has 1 N–H and O–H groups in total. The van der Waals surface area contributed by atoms with Gasteiger partial charge in [0.1, 0.15) is 5.82 Å². The summed E-state index contributed by atoms with van der Waals surface area (Å²) in [5.41, 5.74) is 3.85. The molecule has 0 saturated carbocycles. The van der Waals surface area contributed by atoms with Crippen molar-refractivity contribution in [3.05, 3.63) is 114 Å². The van der Waals surface area contributed by atoms with Gasteiger partial charge in [0.05, 0.1) is 29.8 Å². The Kier molecular flexibility index (Phi) is 10.0. The topological polar surface area (TPSA) is 80.8 Å². The number of aromatic nitrogens is 1. The van der Waals surface area contributed by atoms with Crippen molar-refractivity contribution in [3.8, 4) is 22.6 Å². The molecule has 0 amide bonds. The van der Waals surface area contributed by atoms with Crippen molar-refractivity contribution in [2.24, 2.45) is 5.92 Å². The summed E-state index contributed by atoms with van der Waals surface area (Å²) < 4.78 is 56.2. The van der Waals surface area contributed by atoms with Gasteiger partial charge in [-0.15, -0.1) is 0 Å². The highest BCUT2D eigenvalue weighted by atomic mass is 32.2. The number of likely N-dealkylation sites (tertiary alicyclic amines) is 1.